The second-order valence-electron chi connectivity index (χ2n) is 3.53. The lowest BCUT2D eigenvalue weighted by Crippen LogP contribution is -2.21. The van der Waals surface area contributed by atoms with E-state index in [2.05, 4.69) is 27.6 Å². The lowest BCUT2D eigenvalue weighted by molar-refractivity contribution is 0.0822. The molecular formula is C10H9ClIN3O. The maximum absolute atomic E-state index is 11.7. The summed E-state index contributed by atoms with van der Waals surface area (Å²) in [6.07, 6.45) is 3.52. The number of imidazole rings is 1. The normalized spacial score (nSPS) is 10.8. The van der Waals surface area contributed by atoms with Crippen LogP contribution in [-0.2, 0) is 0 Å². The topological polar surface area (TPSA) is 37.6 Å². The zero-order chi connectivity index (χ0) is 11.9. The summed E-state index contributed by atoms with van der Waals surface area (Å²) < 4.78 is 2.67. The molecule has 0 saturated carbocycles. The van der Waals surface area contributed by atoms with Crippen LogP contribution >= 0.6 is 34.2 Å². The van der Waals surface area contributed by atoms with E-state index in [-0.39, 0.29) is 5.91 Å². The van der Waals surface area contributed by atoms with Crippen molar-refractivity contribution in [3.05, 3.63) is 32.7 Å². The van der Waals surface area contributed by atoms with E-state index in [9.17, 15) is 4.79 Å². The van der Waals surface area contributed by atoms with Crippen LogP contribution in [0.25, 0.3) is 5.65 Å². The molecule has 0 fully saturated rings. The third kappa shape index (κ3) is 1.89. The number of pyridine rings is 1. The van der Waals surface area contributed by atoms with Crippen molar-refractivity contribution >= 4 is 45.7 Å². The van der Waals surface area contributed by atoms with Crippen LogP contribution < -0.4 is 0 Å². The summed E-state index contributed by atoms with van der Waals surface area (Å²) in [4.78, 5) is 17.4. The van der Waals surface area contributed by atoms with E-state index >= 15 is 0 Å². The lowest BCUT2D eigenvalue weighted by Gasteiger charge is -2.06. The molecule has 0 spiro atoms. The van der Waals surface area contributed by atoms with Gasteiger partial charge in [0, 0.05) is 30.1 Å². The smallest absolute Gasteiger partial charge is 0.273 e. The van der Waals surface area contributed by atoms with E-state index in [1.54, 1.807) is 24.7 Å². The summed E-state index contributed by atoms with van der Waals surface area (Å²) in [5.41, 5.74) is 1.01. The van der Waals surface area contributed by atoms with Gasteiger partial charge in [-0.1, -0.05) is 11.6 Å². The largest absolute Gasteiger partial charge is 0.343 e. The summed E-state index contributed by atoms with van der Waals surface area (Å²) in [5, 5.41) is 0.570. The molecule has 0 saturated heterocycles. The second kappa shape index (κ2) is 4.21. The molecule has 6 heteroatoms. The van der Waals surface area contributed by atoms with Gasteiger partial charge in [-0.25, -0.2) is 4.98 Å². The number of aromatic nitrogens is 2. The molecule has 0 atom stereocenters. The molecule has 0 aliphatic heterocycles. The highest BCUT2D eigenvalue weighted by atomic mass is 127. The van der Waals surface area contributed by atoms with Gasteiger partial charge in [0.25, 0.3) is 5.91 Å². The third-order valence-corrected chi connectivity index (χ3v) is 3.74. The Hall–Kier alpha value is -0.820. The first kappa shape index (κ1) is 11.7. The first-order valence-electron chi connectivity index (χ1n) is 4.55. The highest BCUT2D eigenvalue weighted by Gasteiger charge is 2.14. The molecule has 84 valence electrons. The van der Waals surface area contributed by atoms with E-state index in [1.165, 1.54) is 4.90 Å². The van der Waals surface area contributed by atoms with Crippen LogP contribution in [-0.4, -0.2) is 34.3 Å². The molecular weight excluding hydrogens is 340 g/mol. The van der Waals surface area contributed by atoms with E-state index in [1.807, 2.05) is 12.3 Å². The van der Waals surface area contributed by atoms with Crippen molar-refractivity contribution in [1.29, 1.82) is 0 Å². The number of nitrogens with zero attached hydrogens (tertiary/aromatic N) is 3. The number of carbonyl (C=O) groups is 1. The molecule has 16 heavy (non-hydrogen) atoms. The fraction of sp³-hybridized carbons (Fsp3) is 0.200. The molecule has 0 aromatic carbocycles. The average Bonchev–Trinajstić information content (AvgIpc) is 2.67. The molecule has 2 aromatic rings. The average molecular weight is 350 g/mol. The number of amides is 1. The standard InChI is InChI=1S/C10H9ClIN3O/c1-14(2)10(16)7-5-15-4-3-6(12)8(11)9(15)13-7/h3-5H,1-2H3. The Kier molecular flexibility index (Phi) is 3.07. The number of carbonyl (C=O) groups excluding carboxylic acids is 1. The van der Waals surface area contributed by atoms with E-state index < -0.39 is 0 Å². The van der Waals surface area contributed by atoms with Gasteiger partial charge >= 0.3 is 0 Å². The van der Waals surface area contributed by atoms with Gasteiger partial charge in [0.15, 0.2) is 5.65 Å². The summed E-state index contributed by atoms with van der Waals surface area (Å²) in [7, 11) is 3.38. The Balaban J connectivity index is 2.61. The quantitative estimate of drug-likeness (QED) is 0.741. The number of hydrogen-bond donors (Lipinski definition) is 0. The minimum Gasteiger partial charge on any atom is -0.343 e. The summed E-state index contributed by atoms with van der Waals surface area (Å²) in [6, 6.07) is 1.88. The zero-order valence-corrected chi connectivity index (χ0v) is 11.7. The van der Waals surface area contributed by atoms with Crippen LogP contribution in [0.4, 0.5) is 0 Å². The van der Waals surface area contributed by atoms with Crippen LogP contribution in [0.5, 0.6) is 0 Å². The van der Waals surface area contributed by atoms with E-state index in [0.717, 1.165) is 3.57 Å². The number of fused-ring (bicyclic) bond motifs is 1. The molecule has 4 nitrogen and oxygen atoms in total. The molecule has 1 amide bonds. The Labute approximate surface area is 111 Å². The Bertz CT molecular complexity index is 564. The van der Waals surface area contributed by atoms with Gasteiger partial charge in [0.2, 0.25) is 0 Å². The van der Waals surface area contributed by atoms with Crippen LogP contribution in [0, 0.1) is 3.57 Å². The minimum absolute atomic E-state index is 0.130. The van der Waals surface area contributed by atoms with Crippen molar-refractivity contribution in [1.82, 2.24) is 14.3 Å². The van der Waals surface area contributed by atoms with Crippen molar-refractivity contribution in [3.8, 4) is 0 Å². The van der Waals surface area contributed by atoms with Gasteiger partial charge in [0.1, 0.15) is 5.69 Å². The van der Waals surface area contributed by atoms with Gasteiger partial charge in [-0.2, -0.15) is 0 Å². The monoisotopic (exact) mass is 349 g/mol. The molecule has 0 N–H and O–H groups in total. The predicted octanol–water partition coefficient (Wildman–Crippen LogP) is 2.29. The fourth-order valence-electron chi connectivity index (χ4n) is 1.33. The maximum atomic E-state index is 11.7. The number of rotatable bonds is 1. The Morgan fingerprint density at radius 3 is 2.88 bits per heavy atom. The van der Waals surface area contributed by atoms with Crippen molar-refractivity contribution < 1.29 is 4.79 Å². The van der Waals surface area contributed by atoms with Gasteiger partial charge in [-0.15, -0.1) is 0 Å². The van der Waals surface area contributed by atoms with Crippen LogP contribution in [0.15, 0.2) is 18.5 Å². The highest BCUT2D eigenvalue weighted by Crippen LogP contribution is 2.23. The molecule has 0 unspecified atom stereocenters. The van der Waals surface area contributed by atoms with Crippen LogP contribution in [0.3, 0.4) is 0 Å². The van der Waals surface area contributed by atoms with Crippen molar-refractivity contribution in [2.24, 2.45) is 0 Å². The van der Waals surface area contributed by atoms with Gasteiger partial charge in [0.05, 0.1) is 5.02 Å². The maximum Gasteiger partial charge on any atom is 0.273 e. The van der Waals surface area contributed by atoms with Crippen LogP contribution in [0.2, 0.25) is 5.02 Å². The molecule has 0 bridgehead atoms. The summed E-state index contributed by atoms with van der Waals surface area (Å²) in [6.45, 7) is 0. The van der Waals surface area contributed by atoms with E-state index in [0.29, 0.717) is 16.4 Å². The summed E-state index contributed by atoms with van der Waals surface area (Å²) >= 11 is 8.24. The molecule has 2 rings (SSSR count). The van der Waals surface area contributed by atoms with Crippen LogP contribution in [0.1, 0.15) is 10.5 Å². The highest BCUT2D eigenvalue weighted by molar-refractivity contribution is 14.1. The second-order valence-corrected chi connectivity index (χ2v) is 5.07. The van der Waals surface area contributed by atoms with Gasteiger partial charge in [-0.05, 0) is 28.7 Å². The first-order chi connectivity index (χ1) is 7.50. The zero-order valence-electron chi connectivity index (χ0n) is 8.74. The molecule has 0 aliphatic rings. The molecule has 2 aromatic heterocycles. The van der Waals surface area contributed by atoms with Crippen molar-refractivity contribution in [3.63, 3.8) is 0 Å². The first-order valence-corrected chi connectivity index (χ1v) is 6.00. The number of halogens is 2. The Morgan fingerprint density at radius 2 is 2.25 bits per heavy atom. The fourth-order valence-corrected chi connectivity index (χ4v) is 1.93. The minimum atomic E-state index is -0.130. The van der Waals surface area contributed by atoms with Crippen molar-refractivity contribution in [2.45, 2.75) is 0 Å². The number of hydrogen-bond acceptors (Lipinski definition) is 2. The molecule has 0 radical (unpaired) electrons. The lowest BCUT2D eigenvalue weighted by atomic mass is 10.4. The SMILES string of the molecule is CN(C)C(=O)c1cn2ccc(I)c(Cl)c2n1. The van der Waals surface area contributed by atoms with Gasteiger partial charge in [-0.3, -0.25) is 4.79 Å². The third-order valence-electron chi connectivity index (χ3n) is 2.15. The van der Waals surface area contributed by atoms with Gasteiger partial charge < -0.3 is 9.30 Å². The Morgan fingerprint density at radius 1 is 1.56 bits per heavy atom. The van der Waals surface area contributed by atoms with E-state index in [4.69, 9.17) is 11.6 Å². The molecule has 2 heterocycles. The summed E-state index contributed by atoms with van der Waals surface area (Å²) in [5.74, 6) is -0.130. The van der Waals surface area contributed by atoms with Crippen molar-refractivity contribution in [2.75, 3.05) is 14.1 Å². The predicted molar refractivity (Wildman–Crippen MR) is 70.9 cm³/mol. The molecule has 0 aliphatic carbocycles.